The van der Waals surface area contributed by atoms with Crippen molar-refractivity contribution in [2.24, 2.45) is 0 Å². The summed E-state index contributed by atoms with van der Waals surface area (Å²) in [6, 6.07) is -0.204. The highest BCUT2D eigenvalue weighted by atomic mass is 16.3. The predicted octanol–water partition coefficient (Wildman–Crippen LogP) is 5.21. The van der Waals surface area contributed by atoms with Gasteiger partial charge in [0.05, 0.1) is 12.1 Å². The van der Waals surface area contributed by atoms with Crippen LogP contribution < -0.4 is 5.32 Å². The van der Waals surface area contributed by atoms with E-state index in [2.05, 4.69) is 23.2 Å². The number of likely N-dealkylation sites (tertiary alicyclic amines) is 1. The van der Waals surface area contributed by atoms with Gasteiger partial charge in [0.15, 0.2) is 0 Å². The average Bonchev–Trinajstić information content (AvgIpc) is 3.17. The van der Waals surface area contributed by atoms with Crippen LogP contribution in [0.15, 0.2) is 12.2 Å². The Morgan fingerprint density at radius 1 is 0.964 bits per heavy atom. The molecule has 4 nitrogen and oxygen atoms in total. The van der Waals surface area contributed by atoms with E-state index in [4.69, 9.17) is 0 Å². The van der Waals surface area contributed by atoms with Crippen LogP contribution in [0, 0.1) is 0 Å². The van der Waals surface area contributed by atoms with Gasteiger partial charge in [-0.2, -0.15) is 0 Å². The molecule has 0 bridgehead atoms. The molecule has 0 aromatic heterocycles. The van der Waals surface area contributed by atoms with E-state index in [1.165, 1.54) is 90.4 Å². The third-order valence-corrected chi connectivity index (χ3v) is 5.76. The second kappa shape index (κ2) is 17.0. The normalized spacial score (nSPS) is 17.2. The van der Waals surface area contributed by atoms with Gasteiger partial charge in [0.2, 0.25) is 5.91 Å². The molecule has 2 atom stereocenters. The Morgan fingerprint density at radius 3 is 2.04 bits per heavy atom. The van der Waals surface area contributed by atoms with Crippen molar-refractivity contribution < 1.29 is 9.90 Å². The van der Waals surface area contributed by atoms with E-state index in [0.717, 1.165) is 26.1 Å². The summed E-state index contributed by atoms with van der Waals surface area (Å²) in [5.41, 5.74) is 0. The second-order valence-electron chi connectivity index (χ2n) is 8.56. The number of carbonyl (C=O) groups excluding carboxylic acids is 1. The van der Waals surface area contributed by atoms with Crippen LogP contribution in [0.5, 0.6) is 0 Å². The van der Waals surface area contributed by atoms with Crippen molar-refractivity contribution in [3.05, 3.63) is 12.2 Å². The summed E-state index contributed by atoms with van der Waals surface area (Å²) in [5.74, 6) is -0.0676. The fourth-order valence-corrected chi connectivity index (χ4v) is 4.04. The second-order valence-corrected chi connectivity index (χ2v) is 8.56. The summed E-state index contributed by atoms with van der Waals surface area (Å²) in [7, 11) is 0. The fourth-order valence-electron chi connectivity index (χ4n) is 4.04. The highest BCUT2D eigenvalue weighted by molar-refractivity contribution is 5.73. The number of aliphatic hydroxyl groups is 1. The number of rotatable bonds is 17. The number of allylic oxidation sites excluding steroid dienone is 1. The first kappa shape index (κ1) is 25.2. The molecule has 1 heterocycles. The monoisotopic (exact) mass is 394 g/mol. The molecule has 1 aliphatic rings. The zero-order chi connectivity index (χ0) is 20.5. The number of nitrogens with one attached hydrogen (secondary N) is 1. The van der Waals surface area contributed by atoms with E-state index in [1.54, 1.807) is 0 Å². The molecule has 1 aliphatic heterocycles. The van der Waals surface area contributed by atoms with Crippen LogP contribution in [0.2, 0.25) is 0 Å². The number of amides is 1. The van der Waals surface area contributed by atoms with E-state index >= 15 is 0 Å². The first-order valence-corrected chi connectivity index (χ1v) is 12.0. The lowest BCUT2D eigenvalue weighted by Gasteiger charge is -2.26. The smallest absolute Gasteiger partial charge is 0.217 e. The van der Waals surface area contributed by atoms with Crippen molar-refractivity contribution in [1.82, 2.24) is 10.2 Å². The van der Waals surface area contributed by atoms with Gasteiger partial charge in [0.25, 0.3) is 0 Å². The summed E-state index contributed by atoms with van der Waals surface area (Å²) >= 11 is 0. The molecule has 4 heteroatoms. The SMILES string of the molecule is CCCCCCCCCCCCCC=CC(O)C(CN1CCCC1)NC(C)=O. The number of hydrogen-bond acceptors (Lipinski definition) is 3. The molecule has 0 spiro atoms. The molecule has 1 rings (SSSR count). The maximum atomic E-state index is 11.5. The van der Waals surface area contributed by atoms with Crippen LogP contribution in [-0.2, 0) is 4.79 Å². The van der Waals surface area contributed by atoms with E-state index in [1.807, 2.05) is 6.08 Å². The molecule has 2 unspecified atom stereocenters. The van der Waals surface area contributed by atoms with Crippen LogP contribution in [0.1, 0.15) is 104 Å². The zero-order valence-electron chi connectivity index (χ0n) is 18.6. The van der Waals surface area contributed by atoms with Crippen LogP contribution in [0.4, 0.5) is 0 Å². The number of unbranched alkanes of at least 4 members (excludes halogenated alkanes) is 11. The molecule has 1 saturated heterocycles. The first-order valence-electron chi connectivity index (χ1n) is 12.0. The van der Waals surface area contributed by atoms with Crippen LogP contribution in [0.25, 0.3) is 0 Å². The third kappa shape index (κ3) is 13.3. The third-order valence-electron chi connectivity index (χ3n) is 5.76. The molecule has 164 valence electrons. The molecular weight excluding hydrogens is 348 g/mol. The minimum atomic E-state index is -0.600. The van der Waals surface area contributed by atoms with Gasteiger partial charge in [-0.15, -0.1) is 0 Å². The van der Waals surface area contributed by atoms with Gasteiger partial charge in [0, 0.05) is 13.5 Å². The zero-order valence-corrected chi connectivity index (χ0v) is 18.6. The molecule has 0 aromatic rings. The molecule has 1 amide bonds. The summed E-state index contributed by atoms with van der Waals surface area (Å²) < 4.78 is 0. The van der Waals surface area contributed by atoms with Gasteiger partial charge in [-0.3, -0.25) is 4.79 Å². The summed E-state index contributed by atoms with van der Waals surface area (Å²) in [6.45, 7) is 6.69. The molecule has 0 saturated carbocycles. The maximum Gasteiger partial charge on any atom is 0.217 e. The van der Waals surface area contributed by atoms with Gasteiger partial charge in [-0.25, -0.2) is 0 Å². The Kier molecular flexibility index (Phi) is 15.3. The van der Waals surface area contributed by atoms with Gasteiger partial charge >= 0.3 is 0 Å². The Bertz CT molecular complexity index is 405. The van der Waals surface area contributed by atoms with Crippen LogP contribution in [-0.4, -0.2) is 47.7 Å². The average molecular weight is 395 g/mol. The van der Waals surface area contributed by atoms with Gasteiger partial charge < -0.3 is 15.3 Å². The van der Waals surface area contributed by atoms with E-state index in [-0.39, 0.29) is 11.9 Å². The standard InChI is InChI=1S/C24H46N2O2/c1-3-4-5-6-7-8-9-10-11-12-13-14-15-18-24(28)23(25-22(2)27)21-26-19-16-17-20-26/h15,18,23-24,28H,3-14,16-17,19-21H2,1-2H3,(H,25,27). The highest BCUT2D eigenvalue weighted by Crippen LogP contribution is 2.13. The predicted molar refractivity (Wildman–Crippen MR) is 120 cm³/mol. The molecule has 2 N–H and O–H groups in total. The van der Waals surface area contributed by atoms with Crippen LogP contribution >= 0.6 is 0 Å². The largest absolute Gasteiger partial charge is 0.387 e. The molecule has 0 aliphatic carbocycles. The number of nitrogens with zero attached hydrogens (tertiary/aromatic N) is 1. The summed E-state index contributed by atoms with van der Waals surface area (Å²) in [4.78, 5) is 13.8. The first-order chi connectivity index (χ1) is 13.6. The van der Waals surface area contributed by atoms with Crippen molar-refractivity contribution in [1.29, 1.82) is 0 Å². The number of hydrogen-bond donors (Lipinski definition) is 2. The van der Waals surface area contributed by atoms with E-state index in [0.29, 0.717) is 0 Å². The van der Waals surface area contributed by atoms with Crippen molar-refractivity contribution in [2.75, 3.05) is 19.6 Å². The van der Waals surface area contributed by atoms with Crippen molar-refractivity contribution in [3.8, 4) is 0 Å². The molecular formula is C24H46N2O2. The van der Waals surface area contributed by atoms with E-state index in [9.17, 15) is 9.90 Å². The number of carbonyl (C=O) groups is 1. The molecule has 28 heavy (non-hydrogen) atoms. The van der Waals surface area contributed by atoms with Crippen LogP contribution in [0.3, 0.4) is 0 Å². The molecule has 0 aromatic carbocycles. The van der Waals surface area contributed by atoms with E-state index < -0.39 is 6.10 Å². The fraction of sp³-hybridized carbons (Fsp3) is 0.875. The topological polar surface area (TPSA) is 52.6 Å². The molecule has 1 fully saturated rings. The minimum Gasteiger partial charge on any atom is -0.387 e. The van der Waals surface area contributed by atoms with Gasteiger partial charge in [0.1, 0.15) is 0 Å². The lowest BCUT2D eigenvalue weighted by molar-refractivity contribution is -0.120. The number of aliphatic hydroxyl groups excluding tert-OH is 1. The Hall–Kier alpha value is -0.870. The summed E-state index contributed by atoms with van der Waals surface area (Å²) in [6.07, 6.45) is 21.7. The Balaban J connectivity index is 2.06. The molecule has 0 radical (unpaired) electrons. The maximum absolute atomic E-state index is 11.5. The summed E-state index contributed by atoms with van der Waals surface area (Å²) in [5, 5.41) is 13.4. The van der Waals surface area contributed by atoms with Gasteiger partial charge in [-0.1, -0.05) is 83.3 Å². The highest BCUT2D eigenvalue weighted by Gasteiger charge is 2.22. The quantitative estimate of drug-likeness (QED) is 0.263. The van der Waals surface area contributed by atoms with Crippen molar-refractivity contribution in [3.63, 3.8) is 0 Å². The van der Waals surface area contributed by atoms with Crippen molar-refractivity contribution >= 4 is 5.91 Å². The lowest BCUT2D eigenvalue weighted by atomic mass is 10.0. The Labute approximate surface area is 174 Å². The lowest BCUT2D eigenvalue weighted by Crippen LogP contribution is -2.48. The van der Waals surface area contributed by atoms with Crippen molar-refractivity contribution in [2.45, 2.75) is 116 Å². The minimum absolute atomic E-state index is 0.0676. The van der Waals surface area contributed by atoms with Gasteiger partial charge in [-0.05, 0) is 38.8 Å². The Morgan fingerprint density at radius 2 is 1.50 bits per heavy atom.